The van der Waals surface area contributed by atoms with Crippen LogP contribution in [0.25, 0.3) is 11.1 Å². The Morgan fingerprint density at radius 2 is 1.89 bits per heavy atom. The molecule has 4 rings (SSSR count). The molecule has 0 spiro atoms. The summed E-state index contributed by atoms with van der Waals surface area (Å²) in [5.74, 6) is 2.20. The largest absolute Gasteiger partial charge is 0.588 e. The predicted molar refractivity (Wildman–Crippen MR) is 154 cm³/mol. The smallest absolute Gasteiger partial charge is 0.216 e. The highest BCUT2D eigenvalue weighted by Gasteiger charge is 2.34. The summed E-state index contributed by atoms with van der Waals surface area (Å²) in [4.78, 5) is 19.8. The van der Waals surface area contributed by atoms with E-state index >= 15 is 0 Å². The zero-order valence-electron chi connectivity index (χ0n) is 22.8. The second kappa shape index (κ2) is 12.6. The summed E-state index contributed by atoms with van der Waals surface area (Å²) in [6, 6.07) is 16.0. The van der Waals surface area contributed by atoms with Gasteiger partial charge in [0.1, 0.15) is 34.8 Å². The standard InChI is InChI=1S/C30H38N4O3S/c1-5-6-13-28(31-30(21-35)18-9-10-19-30)34(4)20-24-14-16-25(17-15-24)26-11-7-8-12-27(26)38(36)33-29-22(2)23(3)37-32-29/h7-8,11-12,14-17,21H,5-6,9-10,13,18-20H2,1-4H3,(H,32,33). The number of aliphatic imine (C=N–C) groups is 1. The molecule has 3 aromatic rings. The van der Waals surface area contributed by atoms with Gasteiger partial charge in [0.15, 0.2) is 4.90 Å². The molecule has 1 unspecified atom stereocenters. The highest BCUT2D eigenvalue weighted by molar-refractivity contribution is 7.92. The van der Waals surface area contributed by atoms with E-state index in [9.17, 15) is 9.35 Å². The van der Waals surface area contributed by atoms with E-state index < -0.39 is 16.9 Å². The van der Waals surface area contributed by atoms with Crippen molar-refractivity contribution < 1.29 is 13.9 Å². The van der Waals surface area contributed by atoms with Gasteiger partial charge in [-0.2, -0.15) is 4.72 Å². The number of anilines is 1. The van der Waals surface area contributed by atoms with Crippen LogP contribution in [-0.2, 0) is 22.7 Å². The van der Waals surface area contributed by atoms with Crippen molar-refractivity contribution in [3.63, 3.8) is 0 Å². The van der Waals surface area contributed by atoms with Gasteiger partial charge in [0.2, 0.25) is 5.82 Å². The minimum absolute atomic E-state index is 0.489. The number of hydrogen-bond acceptors (Lipinski definition) is 6. The molecule has 1 aliphatic carbocycles. The number of aromatic nitrogens is 1. The van der Waals surface area contributed by atoms with Crippen LogP contribution in [0.2, 0.25) is 0 Å². The van der Waals surface area contributed by atoms with Gasteiger partial charge < -0.3 is 18.8 Å². The Hall–Kier alpha value is -3.10. The molecule has 0 radical (unpaired) electrons. The van der Waals surface area contributed by atoms with Gasteiger partial charge in [0, 0.05) is 31.1 Å². The third kappa shape index (κ3) is 6.48. The molecule has 0 bridgehead atoms. The van der Waals surface area contributed by atoms with Gasteiger partial charge in [0.25, 0.3) is 0 Å². The zero-order chi connectivity index (χ0) is 27.1. The van der Waals surface area contributed by atoms with Crippen LogP contribution in [0, 0.1) is 13.8 Å². The first-order valence-corrected chi connectivity index (χ1v) is 14.6. The average molecular weight is 535 g/mol. The molecular formula is C30H38N4O3S. The molecule has 202 valence electrons. The van der Waals surface area contributed by atoms with Crippen LogP contribution in [-0.4, -0.2) is 39.3 Å². The first-order chi connectivity index (χ1) is 18.4. The van der Waals surface area contributed by atoms with Crippen molar-refractivity contribution in [1.82, 2.24) is 10.1 Å². The molecule has 1 aliphatic rings. The number of amidine groups is 1. The molecule has 0 saturated heterocycles. The van der Waals surface area contributed by atoms with E-state index in [0.717, 1.165) is 79.3 Å². The number of rotatable bonds is 11. The van der Waals surface area contributed by atoms with Crippen molar-refractivity contribution in [1.29, 1.82) is 0 Å². The van der Waals surface area contributed by atoms with Gasteiger partial charge in [-0.15, -0.1) is 0 Å². The molecule has 38 heavy (non-hydrogen) atoms. The van der Waals surface area contributed by atoms with Crippen LogP contribution in [0.3, 0.4) is 0 Å². The van der Waals surface area contributed by atoms with Crippen LogP contribution >= 0.6 is 0 Å². The molecule has 0 amide bonds. The minimum atomic E-state index is -1.50. The number of carbonyl (C=O) groups is 1. The van der Waals surface area contributed by atoms with Crippen LogP contribution in [0.1, 0.15) is 68.8 Å². The van der Waals surface area contributed by atoms with E-state index in [1.807, 2.05) is 38.1 Å². The normalized spacial score (nSPS) is 15.9. The fraction of sp³-hybridized carbons (Fsp3) is 0.433. The van der Waals surface area contributed by atoms with E-state index in [-0.39, 0.29) is 0 Å². The molecule has 7 nitrogen and oxygen atoms in total. The molecule has 1 atom stereocenters. The van der Waals surface area contributed by atoms with Crippen LogP contribution in [0.4, 0.5) is 5.82 Å². The van der Waals surface area contributed by atoms with E-state index in [0.29, 0.717) is 23.0 Å². The maximum atomic E-state index is 13.2. The number of aldehydes is 1. The number of benzene rings is 2. The molecule has 1 N–H and O–H groups in total. The van der Waals surface area contributed by atoms with E-state index in [1.54, 1.807) is 0 Å². The maximum Gasteiger partial charge on any atom is 0.216 e. The Morgan fingerprint density at radius 1 is 1.18 bits per heavy atom. The molecule has 2 aromatic carbocycles. The number of aryl methyl sites for hydroxylation is 1. The van der Waals surface area contributed by atoms with Crippen LogP contribution in [0.5, 0.6) is 0 Å². The van der Waals surface area contributed by atoms with Crippen molar-refractivity contribution >= 4 is 29.3 Å². The molecule has 1 saturated carbocycles. The second-order valence-electron chi connectivity index (χ2n) is 10.2. The van der Waals surface area contributed by atoms with Crippen molar-refractivity contribution in [3.8, 4) is 11.1 Å². The Bertz CT molecular complexity index is 1250. The molecular weight excluding hydrogens is 496 g/mol. The highest BCUT2D eigenvalue weighted by Crippen LogP contribution is 2.33. The van der Waals surface area contributed by atoms with E-state index in [2.05, 4.69) is 53.0 Å². The van der Waals surface area contributed by atoms with Crippen LogP contribution in [0.15, 0.2) is 62.9 Å². The monoisotopic (exact) mass is 534 g/mol. The summed E-state index contributed by atoms with van der Waals surface area (Å²) in [5, 5.41) is 3.98. The van der Waals surface area contributed by atoms with Crippen LogP contribution < -0.4 is 4.72 Å². The summed E-state index contributed by atoms with van der Waals surface area (Å²) in [6.07, 6.45) is 7.89. The van der Waals surface area contributed by atoms with Gasteiger partial charge in [-0.1, -0.05) is 67.7 Å². The lowest BCUT2D eigenvalue weighted by atomic mass is 10.0. The van der Waals surface area contributed by atoms with Gasteiger partial charge in [-0.3, -0.25) is 4.99 Å². The van der Waals surface area contributed by atoms with Gasteiger partial charge in [0.05, 0.1) is 0 Å². The number of nitrogens with one attached hydrogen (secondary N) is 1. The van der Waals surface area contributed by atoms with Gasteiger partial charge in [-0.05, 0) is 56.4 Å². The Morgan fingerprint density at radius 3 is 2.53 bits per heavy atom. The topological polar surface area (TPSA) is 93.8 Å². The van der Waals surface area contributed by atoms with E-state index in [4.69, 9.17) is 9.52 Å². The summed E-state index contributed by atoms with van der Waals surface area (Å²) >= 11 is -1.50. The Labute approximate surface area is 229 Å². The fourth-order valence-corrected chi connectivity index (χ4v) is 5.91. The lowest BCUT2D eigenvalue weighted by Gasteiger charge is -2.26. The zero-order valence-corrected chi connectivity index (χ0v) is 23.6. The van der Waals surface area contributed by atoms with Crippen molar-refractivity contribution in [2.75, 3.05) is 11.8 Å². The third-order valence-electron chi connectivity index (χ3n) is 7.35. The summed E-state index contributed by atoms with van der Waals surface area (Å²) < 4.78 is 21.4. The molecule has 1 aromatic heterocycles. The van der Waals surface area contributed by atoms with Crippen molar-refractivity contribution in [3.05, 3.63) is 65.4 Å². The summed E-state index contributed by atoms with van der Waals surface area (Å²) in [5.41, 5.74) is 3.34. The summed E-state index contributed by atoms with van der Waals surface area (Å²) in [6.45, 7) is 6.60. The molecule has 1 heterocycles. The number of unbranched alkanes of at least 4 members (excludes halogenated alkanes) is 1. The first kappa shape index (κ1) is 27.9. The minimum Gasteiger partial charge on any atom is -0.588 e. The van der Waals surface area contributed by atoms with Gasteiger partial charge >= 0.3 is 0 Å². The fourth-order valence-electron chi connectivity index (χ4n) is 4.84. The predicted octanol–water partition coefficient (Wildman–Crippen LogP) is 6.63. The Balaban J connectivity index is 1.51. The van der Waals surface area contributed by atoms with Gasteiger partial charge in [-0.25, -0.2) is 0 Å². The Kier molecular flexibility index (Phi) is 9.28. The van der Waals surface area contributed by atoms with Crippen molar-refractivity contribution in [2.45, 2.75) is 82.7 Å². The molecule has 0 aliphatic heterocycles. The lowest BCUT2D eigenvalue weighted by Crippen LogP contribution is -2.33. The number of nitrogens with zero attached hydrogens (tertiary/aromatic N) is 3. The first-order valence-electron chi connectivity index (χ1n) is 13.4. The van der Waals surface area contributed by atoms with Crippen molar-refractivity contribution in [2.24, 2.45) is 4.99 Å². The highest BCUT2D eigenvalue weighted by atomic mass is 32.2. The van der Waals surface area contributed by atoms with E-state index in [1.165, 1.54) is 0 Å². The third-order valence-corrected chi connectivity index (χ3v) is 8.49. The molecule has 1 fully saturated rings. The lowest BCUT2D eigenvalue weighted by molar-refractivity contribution is -0.112. The second-order valence-corrected chi connectivity index (χ2v) is 11.4. The maximum absolute atomic E-state index is 13.2. The number of hydrogen-bond donors (Lipinski definition) is 1. The number of carbonyl (C=O) groups excluding carboxylic acids is 1. The SMILES string of the molecule is CCCCC(=NC1(C=O)CCCC1)N(C)Cc1ccc(-c2ccccc2[S+]([O-])Nc2noc(C)c2C)cc1. The quantitative estimate of drug-likeness (QED) is 0.128. The average Bonchev–Trinajstić information content (AvgIpc) is 3.54. The summed E-state index contributed by atoms with van der Waals surface area (Å²) in [7, 11) is 2.06. The molecule has 8 heteroatoms.